The summed E-state index contributed by atoms with van der Waals surface area (Å²) in [5.41, 5.74) is 0.908. The zero-order chi connectivity index (χ0) is 15.8. The van der Waals surface area contributed by atoms with Crippen molar-refractivity contribution in [2.24, 2.45) is 0 Å². The van der Waals surface area contributed by atoms with Crippen LogP contribution < -0.4 is 5.32 Å². The Morgan fingerprint density at radius 3 is 2.83 bits per heavy atom. The maximum Gasteiger partial charge on any atom is 0.224 e. The molecule has 1 amide bonds. The summed E-state index contributed by atoms with van der Waals surface area (Å²) in [5, 5.41) is 6.44. The maximum atomic E-state index is 11.7. The minimum atomic E-state index is 0.0852. The van der Waals surface area contributed by atoms with E-state index in [0.29, 0.717) is 13.0 Å². The van der Waals surface area contributed by atoms with Crippen molar-refractivity contribution in [2.45, 2.75) is 12.5 Å². The van der Waals surface area contributed by atoms with Gasteiger partial charge in [0.05, 0.1) is 16.4 Å². The fourth-order valence-electron chi connectivity index (χ4n) is 2.86. The zero-order valence-electron chi connectivity index (χ0n) is 12.7. The number of hydrogen-bond donors (Lipinski definition) is 1. The van der Waals surface area contributed by atoms with E-state index >= 15 is 0 Å². The molecule has 0 radical (unpaired) electrons. The number of hydrogen-bond acceptors (Lipinski definition) is 5. The van der Waals surface area contributed by atoms with Crippen molar-refractivity contribution in [3.63, 3.8) is 0 Å². The highest BCUT2D eigenvalue weighted by atomic mass is 32.1. The third kappa shape index (κ3) is 2.66. The Hall–Kier alpha value is -2.47. The van der Waals surface area contributed by atoms with Crippen molar-refractivity contribution in [3.8, 4) is 10.7 Å². The first kappa shape index (κ1) is 14.1. The van der Waals surface area contributed by atoms with Gasteiger partial charge in [0.2, 0.25) is 5.91 Å². The number of para-hydroxylation sites is 1. The molecule has 0 spiro atoms. The van der Waals surface area contributed by atoms with E-state index in [2.05, 4.69) is 10.3 Å². The number of nitrogens with one attached hydrogen (secondary N) is 1. The molecule has 1 aliphatic heterocycles. The summed E-state index contributed by atoms with van der Waals surface area (Å²) in [6.45, 7) is 0.700. The predicted octanol–water partition coefficient (Wildman–Crippen LogP) is 3.00. The standard InChI is InChI=1S/C17H16N4OS/c1-21-10-11(9-15(21)22)18-16-12-5-2-3-6-13(12)19-17(20-16)14-7-4-8-23-14/h2-8,11H,9-10H2,1H3,(H,18,19,20). The topological polar surface area (TPSA) is 58.1 Å². The number of carbonyl (C=O) groups is 1. The smallest absolute Gasteiger partial charge is 0.224 e. The second kappa shape index (κ2) is 5.62. The van der Waals surface area contributed by atoms with Crippen LogP contribution in [0.2, 0.25) is 0 Å². The molecule has 0 aliphatic carbocycles. The molecule has 3 heterocycles. The summed E-state index contributed by atoms with van der Waals surface area (Å²) >= 11 is 1.62. The third-order valence-electron chi connectivity index (χ3n) is 4.03. The van der Waals surface area contributed by atoms with E-state index in [1.54, 1.807) is 16.2 Å². The lowest BCUT2D eigenvalue weighted by Gasteiger charge is -2.15. The summed E-state index contributed by atoms with van der Waals surface area (Å²) in [7, 11) is 1.83. The molecule has 116 valence electrons. The number of thiophene rings is 1. The summed E-state index contributed by atoms with van der Waals surface area (Å²) < 4.78 is 0. The molecule has 23 heavy (non-hydrogen) atoms. The van der Waals surface area contributed by atoms with Gasteiger partial charge in [-0.15, -0.1) is 11.3 Å². The second-order valence-electron chi connectivity index (χ2n) is 5.71. The number of rotatable bonds is 3. The Kier molecular flexibility index (Phi) is 3.46. The minimum absolute atomic E-state index is 0.0852. The third-order valence-corrected chi connectivity index (χ3v) is 4.89. The van der Waals surface area contributed by atoms with Gasteiger partial charge >= 0.3 is 0 Å². The monoisotopic (exact) mass is 324 g/mol. The highest BCUT2D eigenvalue weighted by Gasteiger charge is 2.27. The number of anilines is 1. The van der Waals surface area contributed by atoms with Crippen LogP contribution in [0.4, 0.5) is 5.82 Å². The number of fused-ring (bicyclic) bond motifs is 1. The van der Waals surface area contributed by atoms with Gasteiger partial charge in [0.1, 0.15) is 5.82 Å². The number of likely N-dealkylation sites (tertiary alicyclic amines) is 1. The Balaban J connectivity index is 1.76. The van der Waals surface area contributed by atoms with E-state index in [1.165, 1.54) is 0 Å². The van der Waals surface area contributed by atoms with Gasteiger partial charge in [0.15, 0.2) is 5.82 Å². The maximum absolute atomic E-state index is 11.7. The molecule has 1 atom stereocenters. The van der Waals surface area contributed by atoms with E-state index in [-0.39, 0.29) is 11.9 Å². The summed E-state index contributed by atoms with van der Waals surface area (Å²) in [6, 6.07) is 12.1. The van der Waals surface area contributed by atoms with E-state index in [0.717, 1.165) is 27.4 Å². The molecule has 2 aromatic heterocycles. The molecule has 1 aromatic carbocycles. The molecule has 3 aromatic rings. The normalized spacial score (nSPS) is 17.9. The van der Waals surface area contributed by atoms with Gasteiger partial charge in [-0.2, -0.15) is 0 Å². The van der Waals surface area contributed by atoms with E-state index in [4.69, 9.17) is 4.98 Å². The van der Waals surface area contributed by atoms with Gasteiger partial charge < -0.3 is 10.2 Å². The summed E-state index contributed by atoms with van der Waals surface area (Å²) in [5.74, 6) is 1.69. The molecule has 5 nitrogen and oxygen atoms in total. The lowest BCUT2D eigenvalue weighted by molar-refractivity contribution is -0.126. The molecule has 1 N–H and O–H groups in total. The summed E-state index contributed by atoms with van der Waals surface area (Å²) in [6.07, 6.45) is 0.503. The molecule has 6 heteroatoms. The first-order valence-corrected chi connectivity index (χ1v) is 8.40. The largest absolute Gasteiger partial charge is 0.364 e. The van der Waals surface area contributed by atoms with Gasteiger partial charge in [0.25, 0.3) is 0 Å². The van der Waals surface area contributed by atoms with Crippen molar-refractivity contribution in [2.75, 3.05) is 18.9 Å². The first-order chi connectivity index (χ1) is 11.2. The van der Waals surface area contributed by atoms with Gasteiger partial charge in [-0.1, -0.05) is 18.2 Å². The first-order valence-electron chi connectivity index (χ1n) is 7.52. The number of carbonyl (C=O) groups excluding carboxylic acids is 1. The lowest BCUT2D eigenvalue weighted by atomic mass is 10.2. The molecule has 4 rings (SSSR count). The lowest BCUT2D eigenvalue weighted by Crippen LogP contribution is -2.24. The minimum Gasteiger partial charge on any atom is -0.364 e. The van der Waals surface area contributed by atoms with Crippen LogP contribution >= 0.6 is 11.3 Å². The van der Waals surface area contributed by atoms with Crippen LogP contribution in [-0.4, -0.2) is 40.4 Å². The van der Waals surface area contributed by atoms with Crippen LogP contribution in [0, 0.1) is 0 Å². The highest BCUT2D eigenvalue weighted by Crippen LogP contribution is 2.28. The molecular weight excluding hydrogens is 308 g/mol. The number of benzene rings is 1. The van der Waals surface area contributed by atoms with Crippen LogP contribution in [0.15, 0.2) is 41.8 Å². The van der Waals surface area contributed by atoms with Crippen molar-refractivity contribution >= 4 is 34.0 Å². The van der Waals surface area contributed by atoms with E-state index in [1.807, 2.05) is 48.8 Å². The Morgan fingerprint density at radius 2 is 2.09 bits per heavy atom. The Morgan fingerprint density at radius 1 is 1.22 bits per heavy atom. The van der Waals surface area contributed by atoms with Crippen LogP contribution in [0.5, 0.6) is 0 Å². The molecule has 1 fully saturated rings. The SMILES string of the molecule is CN1CC(Nc2nc(-c3cccs3)nc3ccccc23)CC1=O. The number of likely N-dealkylation sites (N-methyl/N-ethyl adjacent to an activating group) is 1. The van der Waals surface area contributed by atoms with Crippen molar-refractivity contribution in [1.82, 2.24) is 14.9 Å². The van der Waals surface area contributed by atoms with Crippen molar-refractivity contribution in [1.29, 1.82) is 0 Å². The molecule has 1 saturated heterocycles. The van der Waals surface area contributed by atoms with Crippen LogP contribution in [0.1, 0.15) is 6.42 Å². The van der Waals surface area contributed by atoms with Crippen molar-refractivity contribution < 1.29 is 4.79 Å². The molecule has 1 aliphatic rings. The van der Waals surface area contributed by atoms with Gasteiger partial charge in [-0.3, -0.25) is 4.79 Å². The van der Waals surface area contributed by atoms with Gasteiger partial charge in [0, 0.05) is 25.4 Å². The molecule has 0 saturated carbocycles. The molecular formula is C17H16N4OS. The van der Waals surface area contributed by atoms with Gasteiger partial charge in [-0.25, -0.2) is 9.97 Å². The predicted molar refractivity (Wildman–Crippen MR) is 92.5 cm³/mol. The van der Waals surface area contributed by atoms with Crippen LogP contribution in [0.25, 0.3) is 21.6 Å². The summed E-state index contributed by atoms with van der Waals surface area (Å²) in [4.78, 5) is 23.9. The Labute approximate surface area is 138 Å². The molecule has 0 bridgehead atoms. The average molecular weight is 324 g/mol. The number of nitrogens with zero attached hydrogens (tertiary/aromatic N) is 3. The quantitative estimate of drug-likeness (QED) is 0.804. The average Bonchev–Trinajstić information content (AvgIpc) is 3.18. The van der Waals surface area contributed by atoms with Crippen LogP contribution in [-0.2, 0) is 4.79 Å². The van der Waals surface area contributed by atoms with Gasteiger partial charge in [-0.05, 0) is 23.6 Å². The molecule has 1 unspecified atom stereocenters. The number of amides is 1. The van der Waals surface area contributed by atoms with E-state index in [9.17, 15) is 4.79 Å². The number of aromatic nitrogens is 2. The Bertz CT molecular complexity index is 862. The second-order valence-corrected chi connectivity index (χ2v) is 6.66. The van der Waals surface area contributed by atoms with Crippen LogP contribution in [0.3, 0.4) is 0 Å². The fourth-order valence-corrected chi connectivity index (χ4v) is 3.51. The fraction of sp³-hybridized carbons (Fsp3) is 0.235. The highest BCUT2D eigenvalue weighted by molar-refractivity contribution is 7.13. The van der Waals surface area contributed by atoms with E-state index < -0.39 is 0 Å². The zero-order valence-corrected chi connectivity index (χ0v) is 13.5. The van der Waals surface area contributed by atoms with Crippen molar-refractivity contribution in [3.05, 3.63) is 41.8 Å².